The average molecular weight is 572 g/mol. The number of nitrogens with zero attached hydrogens (tertiary/aromatic N) is 4. The van der Waals surface area contributed by atoms with Gasteiger partial charge in [-0.25, -0.2) is 5.01 Å². The van der Waals surface area contributed by atoms with Crippen LogP contribution in [-0.4, -0.2) is 42.2 Å². The zero-order chi connectivity index (χ0) is 30.3. The van der Waals surface area contributed by atoms with E-state index in [4.69, 9.17) is 15.6 Å². The zero-order valence-corrected chi connectivity index (χ0v) is 24.7. The molecule has 1 atom stereocenters. The van der Waals surface area contributed by atoms with Gasteiger partial charge in [0.1, 0.15) is 17.0 Å². The molecule has 2 heterocycles. The number of carbonyl (C=O) groups excluding carboxylic acids is 2. The van der Waals surface area contributed by atoms with Gasteiger partial charge in [0.2, 0.25) is 0 Å². The van der Waals surface area contributed by atoms with Crippen molar-refractivity contribution in [3.63, 3.8) is 0 Å². The Balaban J connectivity index is 1.54. The number of ketones is 1. The maximum absolute atomic E-state index is 14.1. The van der Waals surface area contributed by atoms with E-state index in [0.717, 1.165) is 41.0 Å². The van der Waals surface area contributed by atoms with E-state index in [0.29, 0.717) is 34.0 Å². The maximum Gasteiger partial charge on any atom is 0.275 e. The van der Waals surface area contributed by atoms with Crippen molar-refractivity contribution in [1.82, 2.24) is 5.01 Å². The van der Waals surface area contributed by atoms with Crippen LogP contribution in [0, 0.1) is 6.92 Å². The predicted molar refractivity (Wildman–Crippen MR) is 171 cm³/mol. The first-order chi connectivity index (χ1) is 20.8. The lowest BCUT2D eigenvalue weighted by molar-refractivity contribution is 0.0675. The summed E-state index contributed by atoms with van der Waals surface area (Å²) < 4.78 is 6.54. The van der Waals surface area contributed by atoms with Crippen molar-refractivity contribution in [2.24, 2.45) is 10.1 Å². The first-order valence-corrected chi connectivity index (χ1v) is 14.4. The quantitative estimate of drug-likeness (QED) is 0.148. The predicted octanol–water partition coefficient (Wildman–Crippen LogP) is 6.87. The summed E-state index contributed by atoms with van der Waals surface area (Å²) in [5.41, 5.74) is 12.1. The number of carbonyl (C=O) groups is 2. The molecule has 216 valence electrons. The Morgan fingerprint density at radius 1 is 0.930 bits per heavy atom. The smallest absolute Gasteiger partial charge is 0.275 e. The number of fused-ring (bicyclic) bond motifs is 6. The molecule has 0 aromatic heterocycles. The monoisotopic (exact) mass is 571 g/mol. The number of hydrogen-bond acceptors (Lipinski definition) is 7. The maximum atomic E-state index is 14.1. The van der Waals surface area contributed by atoms with Gasteiger partial charge >= 0.3 is 0 Å². The second-order valence-corrected chi connectivity index (χ2v) is 10.7. The fraction of sp³-hybridized carbons (Fsp3) is 0.200. The van der Waals surface area contributed by atoms with E-state index in [9.17, 15) is 9.59 Å². The zero-order valence-electron chi connectivity index (χ0n) is 24.7. The summed E-state index contributed by atoms with van der Waals surface area (Å²) in [5, 5.41) is 6.29. The molecule has 2 N–H and O–H groups in total. The minimum atomic E-state index is -1.09. The molecule has 1 spiro atoms. The fourth-order valence-electron chi connectivity index (χ4n) is 6.16. The van der Waals surface area contributed by atoms with E-state index in [-0.39, 0.29) is 11.7 Å². The topological polar surface area (TPSA) is 101 Å². The van der Waals surface area contributed by atoms with Gasteiger partial charge in [-0.15, -0.1) is 0 Å². The van der Waals surface area contributed by atoms with E-state index in [2.05, 4.69) is 42.8 Å². The number of Topliss-reactive ketones (excluding diaryl/α,β-unsaturated/α-hetero) is 1. The highest BCUT2D eigenvalue weighted by molar-refractivity contribution is 6.17. The molecular weight excluding hydrogens is 538 g/mol. The second-order valence-electron chi connectivity index (χ2n) is 10.7. The molecule has 43 heavy (non-hydrogen) atoms. The number of aryl methyl sites for hydroxylation is 1. The number of aliphatic imine (C=N–C) groups is 1. The lowest BCUT2D eigenvalue weighted by Crippen LogP contribution is -2.44. The van der Waals surface area contributed by atoms with Crippen LogP contribution < -0.4 is 15.4 Å². The van der Waals surface area contributed by atoms with E-state index in [1.807, 2.05) is 36.4 Å². The van der Waals surface area contributed by atoms with Gasteiger partial charge in [-0.1, -0.05) is 24.3 Å². The van der Waals surface area contributed by atoms with Crippen LogP contribution in [0.1, 0.15) is 63.7 Å². The molecular formula is C35H33N5O3. The summed E-state index contributed by atoms with van der Waals surface area (Å²) in [4.78, 5) is 32.5. The Hall–Kier alpha value is -5.24. The van der Waals surface area contributed by atoms with E-state index >= 15 is 0 Å². The van der Waals surface area contributed by atoms with Gasteiger partial charge in [-0.3, -0.25) is 14.6 Å². The summed E-state index contributed by atoms with van der Waals surface area (Å²) in [6.45, 7) is 9.56. The molecule has 2 aliphatic heterocycles. The number of anilines is 2. The molecule has 0 bridgehead atoms. The molecule has 2 aliphatic rings. The number of benzene rings is 4. The highest BCUT2D eigenvalue weighted by atomic mass is 16.5. The van der Waals surface area contributed by atoms with Crippen LogP contribution in [-0.2, 0) is 5.54 Å². The van der Waals surface area contributed by atoms with Crippen LogP contribution in [0.2, 0.25) is 0 Å². The van der Waals surface area contributed by atoms with Crippen molar-refractivity contribution >= 4 is 41.2 Å². The Bertz CT molecular complexity index is 1810. The molecule has 0 radical (unpaired) electrons. The molecule has 1 unspecified atom stereocenters. The molecule has 0 fully saturated rings. The molecule has 8 heteroatoms. The summed E-state index contributed by atoms with van der Waals surface area (Å²) >= 11 is 0. The number of nitrogen functional groups attached to an aromatic ring is 1. The Kier molecular flexibility index (Phi) is 7.05. The Morgan fingerprint density at radius 2 is 1.65 bits per heavy atom. The van der Waals surface area contributed by atoms with Gasteiger partial charge in [-0.2, -0.15) is 5.10 Å². The third-order valence-electron chi connectivity index (χ3n) is 8.21. The van der Waals surface area contributed by atoms with Crippen LogP contribution >= 0.6 is 0 Å². The molecule has 0 saturated carbocycles. The highest BCUT2D eigenvalue weighted by Crippen LogP contribution is 2.58. The van der Waals surface area contributed by atoms with E-state index < -0.39 is 5.54 Å². The van der Waals surface area contributed by atoms with Gasteiger partial charge in [0.15, 0.2) is 5.78 Å². The largest absolute Gasteiger partial charge is 0.456 e. The third kappa shape index (κ3) is 4.46. The second kappa shape index (κ2) is 10.9. The average Bonchev–Trinajstić information content (AvgIpc) is 3.25. The van der Waals surface area contributed by atoms with E-state index in [1.54, 1.807) is 36.5 Å². The van der Waals surface area contributed by atoms with Gasteiger partial charge in [0, 0.05) is 70.6 Å². The number of hydrazone groups is 1. The molecule has 0 aliphatic carbocycles. The number of hydrogen-bond donors (Lipinski definition) is 1. The SMILES string of the molecule is CCN(CC)c1cc2c(cc1C)C1(c3ccc(N)cc3O2)c2ccccc2C(=O)N1/N=C/C=N/c1ccc(C(C)=O)cc1. The van der Waals surface area contributed by atoms with Gasteiger partial charge in [0.25, 0.3) is 5.91 Å². The minimum Gasteiger partial charge on any atom is -0.456 e. The fourth-order valence-corrected chi connectivity index (χ4v) is 6.16. The van der Waals surface area contributed by atoms with E-state index in [1.165, 1.54) is 18.1 Å². The van der Waals surface area contributed by atoms with Crippen molar-refractivity contribution in [1.29, 1.82) is 0 Å². The molecule has 6 rings (SSSR count). The standard InChI is InChI=1S/C35H33N5O3/c1-5-39(6-2)31-21-33-30(19-22(31)3)35(29-16-13-25(36)20-32(29)43-33)28-10-8-7-9-27(28)34(42)40(35)38-18-17-37-26-14-11-24(12-15-26)23(4)41/h7-21H,5-6,36H2,1-4H3/b37-17+,38-18+. The van der Waals surface area contributed by atoms with Crippen molar-refractivity contribution in [2.75, 3.05) is 23.7 Å². The van der Waals surface area contributed by atoms with Crippen molar-refractivity contribution in [3.8, 4) is 11.5 Å². The van der Waals surface area contributed by atoms with Crippen LogP contribution in [0.3, 0.4) is 0 Å². The molecule has 4 aromatic carbocycles. The first kappa shape index (κ1) is 27.9. The van der Waals surface area contributed by atoms with Crippen molar-refractivity contribution in [2.45, 2.75) is 33.2 Å². The van der Waals surface area contributed by atoms with Gasteiger partial charge in [-0.05, 0) is 75.7 Å². The summed E-state index contributed by atoms with van der Waals surface area (Å²) in [7, 11) is 0. The van der Waals surface area contributed by atoms with Crippen LogP contribution in [0.25, 0.3) is 0 Å². The Morgan fingerprint density at radius 3 is 2.37 bits per heavy atom. The number of amides is 1. The molecule has 1 amide bonds. The third-order valence-corrected chi connectivity index (χ3v) is 8.21. The number of rotatable bonds is 7. The lowest BCUT2D eigenvalue weighted by Gasteiger charge is -2.42. The van der Waals surface area contributed by atoms with Gasteiger partial charge < -0.3 is 15.4 Å². The number of ether oxygens (including phenoxy) is 1. The van der Waals surface area contributed by atoms with Gasteiger partial charge in [0.05, 0.1) is 11.9 Å². The normalized spacial score (nSPS) is 16.8. The molecule has 4 aromatic rings. The molecule has 0 saturated heterocycles. The summed E-state index contributed by atoms with van der Waals surface area (Å²) in [6.07, 6.45) is 3.07. The lowest BCUT2D eigenvalue weighted by atomic mass is 9.74. The minimum absolute atomic E-state index is 0.00673. The van der Waals surface area contributed by atoms with Crippen LogP contribution in [0.15, 0.2) is 89.0 Å². The van der Waals surface area contributed by atoms with Crippen LogP contribution in [0.5, 0.6) is 11.5 Å². The first-order valence-electron chi connectivity index (χ1n) is 14.4. The highest BCUT2D eigenvalue weighted by Gasteiger charge is 2.57. The summed E-state index contributed by atoms with van der Waals surface area (Å²) in [5.74, 6) is 0.986. The van der Waals surface area contributed by atoms with Crippen molar-refractivity contribution in [3.05, 3.63) is 112 Å². The molecule has 8 nitrogen and oxygen atoms in total. The number of nitrogens with two attached hydrogens (primary N) is 1. The Labute approximate surface area is 251 Å². The van der Waals surface area contributed by atoms with Crippen molar-refractivity contribution < 1.29 is 14.3 Å². The summed E-state index contributed by atoms with van der Waals surface area (Å²) in [6, 6.07) is 24.4. The van der Waals surface area contributed by atoms with Crippen LogP contribution in [0.4, 0.5) is 17.1 Å².